The number of phenols is 1. The molecule has 3 N–H and O–H groups in total. The fraction of sp³-hybridized carbons (Fsp3) is 0.714. The number of phenolic OH excluding ortho intramolecular Hbond substituents is 1. The van der Waals surface area contributed by atoms with E-state index in [1.165, 1.54) is 24.8 Å². The maximum absolute atomic E-state index is 12.1. The first-order valence-electron chi connectivity index (χ1n) is 10.2. The zero-order chi connectivity index (χ0) is 17.7. The Morgan fingerprint density at radius 3 is 2.81 bits per heavy atom. The number of aliphatic hydroxyl groups is 2. The van der Waals surface area contributed by atoms with Crippen molar-refractivity contribution in [2.75, 3.05) is 13.1 Å². The van der Waals surface area contributed by atoms with Gasteiger partial charge < -0.3 is 20.1 Å². The van der Waals surface area contributed by atoms with E-state index in [0.29, 0.717) is 18.6 Å². The van der Waals surface area contributed by atoms with E-state index < -0.39 is 23.2 Å². The Morgan fingerprint density at radius 2 is 2.04 bits per heavy atom. The molecular weight excluding hydrogens is 330 g/mol. The molecule has 0 aromatic heterocycles. The molecule has 1 aromatic carbocycles. The number of aromatic hydroxyl groups is 1. The van der Waals surface area contributed by atoms with Crippen LogP contribution >= 0.6 is 0 Å². The zero-order valence-corrected chi connectivity index (χ0v) is 15.0. The van der Waals surface area contributed by atoms with E-state index in [2.05, 4.69) is 4.90 Å². The highest BCUT2D eigenvalue weighted by atomic mass is 16.5. The lowest BCUT2D eigenvalue weighted by Crippen LogP contribution is -2.77. The minimum absolute atomic E-state index is 0.0819. The van der Waals surface area contributed by atoms with Crippen molar-refractivity contribution in [2.45, 2.75) is 74.2 Å². The lowest BCUT2D eigenvalue weighted by atomic mass is 9.48. The highest BCUT2D eigenvalue weighted by molar-refractivity contribution is 5.62. The van der Waals surface area contributed by atoms with Gasteiger partial charge in [-0.3, -0.25) is 4.90 Å². The lowest BCUT2D eigenvalue weighted by Gasteiger charge is -2.64. The van der Waals surface area contributed by atoms with Crippen molar-refractivity contribution in [3.63, 3.8) is 0 Å². The summed E-state index contributed by atoms with van der Waals surface area (Å²) in [5, 5.41) is 33.2. The van der Waals surface area contributed by atoms with Crippen LogP contribution in [0.4, 0.5) is 0 Å². The molecule has 5 nitrogen and oxygen atoms in total. The standard InChI is InChI=1S/C21H27NO4/c23-14-5-4-13-10-16-21(25)7-6-15(24)19-20(21,17(13)18(14)26-19)8-9-22(16)11-12-2-1-3-12/h4-5,12,15-16,19,23-25H,1-3,6-11H2/t15-,16?,19-,20-,21?/m0/s1. The molecular formula is C21H27NO4. The molecule has 5 aliphatic rings. The van der Waals surface area contributed by atoms with Crippen molar-refractivity contribution < 1.29 is 20.1 Å². The molecule has 1 spiro atoms. The zero-order valence-electron chi connectivity index (χ0n) is 15.0. The molecule has 6 rings (SSSR count). The first-order valence-corrected chi connectivity index (χ1v) is 10.2. The quantitative estimate of drug-likeness (QED) is 0.751. The summed E-state index contributed by atoms with van der Waals surface area (Å²) >= 11 is 0. The van der Waals surface area contributed by atoms with E-state index in [1.807, 2.05) is 6.07 Å². The van der Waals surface area contributed by atoms with Gasteiger partial charge in [0.25, 0.3) is 0 Å². The third-order valence-electron chi connectivity index (χ3n) is 8.26. The van der Waals surface area contributed by atoms with E-state index >= 15 is 0 Å². The number of likely N-dealkylation sites (tertiary alicyclic amines) is 1. The third kappa shape index (κ3) is 1.64. The van der Waals surface area contributed by atoms with Gasteiger partial charge in [-0.05, 0) is 62.6 Å². The van der Waals surface area contributed by atoms with Crippen molar-refractivity contribution in [1.29, 1.82) is 0 Å². The average molecular weight is 357 g/mol. The Balaban J connectivity index is 1.52. The SMILES string of the molecule is Oc1ccc2c3c1O[C@H]1[C@@H](O)CCC4(O)C(C2)N(CC2CCC2)CC[C@]314. The number of nitrogens with zero attached hydrogens (tertiary/aromatic N) is 1. The van der Waals surface area contributed by atoms with Crippen LogP contribution in [-0.2, 0) is 11.8 Å². The van der Waals surface area contributed by atoms with Crippen LogP contribution in [-0.4, -0.2) is 57.2 Å². The molecule has 3 aliphatic carbocycles. The second kappa shape index (κ2) is 4.94. The minimum Gasteiger partial charge on any atom is -0.504 e. The van der Waals surface area contributed by atoms with Crippen LogP contribution in [0.1, 0.15) is 49.7 Å². The summed E-state index contributed by atoms with van der Waals surface area (Å²) in [7, 11) is 0. The van der Waals surface area contributed by atoms with Crippen molar-refractivity contribution in [1.82, 2.24) is 4.90 Å². The third-order valence-corrected chi connectivity index (χ3v) is 8.26. The van der Waals surface area contributed by atoms with Crippen LogP contribution in [0.2, 0.25) is 0 Å². The molecule has 0 radical (unpaired) electrons. The Kier molecular flexibility index (Phi) is 2.99. The Bertz CT molecular complexity index is 778. The Hall–Kier alpha value is -1.30. The largest absolute Gasteiger partial charge is 0.504 e. The van der Waals surface area contributed by atoms with Crippen molar-refractivity contribution in [2.24, 2.45) is 5.92 Å². The molecule has 1 aromatic rings. The van der Waals surface area contributed by atoms with Crippen LogP contribution in [0.25, 0.3) is 0 Å². The van der Waals surface area contributed by atoms with Crippen LogP contribution in [0, 0.1) is 5.92 Å². The van der Waals surface area contributed by atoms with Gasteiger partial charge in [0.2, 0.25) is 0 Å². The monoisotopic (exact) mass is 357 g/mol. The van der Waals surface area contributed by atoms with Gasteiger partial charge in [-0.2, -0.15) is 0 Å². The molecule has 2 unspecified atom stereocenters. The van der Waals surface area contributed by atoms with E-state index in [9.17, 15) is 15.3 Å². The predicted molar refractivity (Wildman–Crippen MR) is 95.4 cm³/mol. The van der Waals surface area contributed by atoms with Crippen molar-refractivity contribution in [3.8, 4) is 11.5 Å². The number of aliphatic hydroxyl groups excluding tert-OH is 1. The number of ether oxygens (including phenoxy) is 1. The van der Waals surface area contributed by atoms with Crippen LogP contribution in [0.3, 0.4) is 0 Å². The summed E-state index contributed by atoms with van der Waals surface area (Å²) in [6, 6.07) is 3.80. The maximum atomic E-state index is 12.1. The van der Waals surface area contributed by atoms with E-state index in [-0.39, 0.29) is 11.8 Å². The molecule has 2 heterocycles. The van der Waals surface area contributed by atoms with Gasteiger partial charge in [-0.15, -0.1) is 0 Å². The van der Waals surface area contributed by atoms with Crippen LogP contribution < -0.4 is 4.74 Å². The fourth-order valence-corrected chi connectivity index (χ4v) is 6.83. The molecule has 5 heteroatoms. The second-order valence-electron chi connectivity index (χ2n) is 9.25. The fourth-order valence-electron chi connectivity index (χ4n) is 6.83. The van der Waals surface area contributed by atoms with Crippen molar-refractivity contribution in [3.05, 3.63) is 23.3 Å². The first-order chi connectivity index (χ1) is 12.5. The van der Waals surface area contributed by atoms with Gasteiger partial charge in [0.05, 0.1) is 17.1 Å². The molecule has 2 saturated carbocycles. The smallest absolute Gasteiger partial charge is 0.165 e. The molecule has 3 fully saturated rings. The van der Waals surface area contributed by atoms with E-state index in [4.69, 9.17) is 4.74 Å². The predicted octanol–water partition coefficient (Wildman–Crippen LogP) is 1.71. The molecule has 26 heavy (non-hydrogen) atoms. The molecule has 0 amide bonds. The van der Waals surface area contributed by atoms with Gasteiger partial charge >= 0.3 is 0 Å². The summed E-state index contributed by atoms with van der Waals surface area (Å²) in [6.07, 6.45) is 5.68. The Morgan fingerprint density at radius 1 is 1.19 bits per heavy atom. The molecule has 5 atom stereocenters. The van der Waals surface area contributed by atoms with Crippen LogP contribution in [0.5, 0.6) is 11.5 Å². The number of piperidine rings is 1. The summed E-state index contributed by atoms with van der Waals surface area (Å²) in [5.74, 6) is 1.42. The van der Waals surface area contributed by atoms with Gasteiger partial charge in [0, 0.05) is 18.2 Å². The Labute approximate surface area is 153 Å². The van der Waals surface area contributed by atoms with Gasteiger partial charge in [-0.25, -0.2) is 0 Å². The number of benzene rings is 1. The van der Waals surface area contributed by atoms with E-state index in [0.717, 1.165) is 37.4 Å². The highest BCUT2D eigenvalue weighted by Crippen LogP contribution is 2.65. The number of hydrogen-bond donors (Lipinski definition) is 3. The highest BCUT2D eigenvalue weighted by Gasteiger charge is 2.72. The average Bonchev–Trinajstić information content (AvgIpc) is 2.93. The second-order valence-corrected chi connectivity index (χ2v) is 9.25. The van der Waals surface area contributed by atoms with Crippen molar-refractivity contribution >= 4 is 0 Å². The molecule has 1 saturated heterocycles. The molecule has 2 bridgehead atoms. The van der Waals surface area contributed by atoms with Gasteiger partial charge in [-0.1, -0.05) is 12.5 Å². The summed E-state index contributed by atoms with van der Waals surface area (Å²) in [6.45, 7) is 2.02. The first kappa shape index (κ1) is 15.7. The molecule has 140 valence electrons. The number of rotatable bonds is 2. The van der Waals surface area contributed by atoms with Gasteiger partial charge in [0.1, 0.15) is 6.10 Å². The van der Waals surface area contributed by atoms with Gasteiger partial charge in [0.15, 0.2) is 11.5 Å². The summed E-state index contributed by atoms with van der Waals surface area (Å²) in [4.78, 5) is 2.53. The minimum atomic E-state index is -0.884. The lowest BCUT2D eigenvalue weighted by molar-refractivity contribution is -0.209. The summed E-state index contributed by atoms with van der Waals surface area (Å²) in [5.41, 5.74) is 0.712. The normalized spacial score (nSPS) is 43.5. The number of hydrogen-bond acceptors (Lipinski definition) is 5. The van der Waals surface area contributed by atoms with Crippen LogP contribution in [0.15, 0.2) is 12.1 Å². The summed E-state index contributed by atoms with van der Waals surface area (Å²) < 4.78 is 6.16. The molecule has 2 aliphatic heterocycles. The topological polar surface area (TPSA) is 73.2 Å². The van der Waals surface area contributed by atoms with E-state index in [1.54, 1.807) is 6.07 Å². The maximum Gasteiger partial charge on any atom is 0.165 e.